The van der Waals surface area contributed by atoms with Crippen molar-refractivity contribution in [3.05, 3.63) is 46.8 Å². The average molecular weight is 321 g/mol. The van der Waals surface area contributed by atoms with Gasteiger partial charge in [0.2, 0.25) is 0 Å². The van der Waals surface area contributed by atoms with E-state index >= 15 is 0 Å². The molecule has 0 aliphatic rings. The highest BCUT2D eigenvalue weighted by Crippen LogP contribution is 2.25. The molecule has 1 N–H and O–H groups in total. The highest BCUT2D eigenvalue weighted by atomic mass is 79.9. The second-order valence-corrected chi connectivity index (χ2v) is 5.76. The first kappa shape index (κ1) is 14.2. The summed E-state index contributed by atoms with van der Waals surface area (Å²) in [6.45, 7) is 4.20. The van der Waals surface area contributed by atoms with Crippen LogP contribution in [0.1, 0.15) is 25.6 Å². The smallest absolute Gasteiger partial charge is 0.134 e. The van der Waals surface area contributed by atoms with E-state index in [4.69, 9.17) is 0 Å². The van der Waals surface area contributed by atoms with Crippen molar-refractivity contribution in [3.8, 4) is 11.3 Å². The predicted octanol–water partition coefficient (Wildman–Crippen LogP) is 3.64. The quantitative estimate of drug-likeness (QED) is 0.935. The van der Waals surface area contributed by atoms with Crippen LogP contribution < -0.4 is 0 Å². The van der Waals surface area contributed by atoms with Crippen molar-refractivity contribution < 1.29 is 5.11 Å². The molecule has 0 aliphatic heterocycles. The average Bonchev–Trinajstić information content (AvgIpc) is 2.39. The van der Waals surface area contributed by atoms with Crippen LogP contribution in [-0.2, 0) is 0 Å². The molecule has 0 aliphatic carbocycles. The number of hydrogen-bond donors (Lipinski definition) is 1. The Balaban J connectivity index is 2.39. The van der Waals surface area contributed by atoms with Crippen LogP contribution in [-0.4, -0.2) is 21.7 Å². The zero-order chi connectivity index (χ0) is 13.8. The first-order valence-corrected chi connectivity index (χ1v) is 7.11. The maximum absolute atomic E-state index is 9.47. The number of aromatic nitrogens is 2. The third-order valence-electron chi connectivity index (χ3n) is 3.13. The lowest BCUT2D eigenvalue weighted by atomic mass is 9.96. The van der Waals surface area contributed by atoms with Gasteiger partial charge in [0.15, 0.2) is 0 Å². The molecule has 0 saturated carbocycles. The Morgan fingerprint density at radius 3 is 2.68 bits per heavy atom. The van der Waals surface area contributed by atoms with E-state index in [0.717, 1.165) is 15.7 Å². The molecule has 0 fully saturated rings. The van der Waals surface area contributed by atoms with Gasteiger partial charge in [-0.1, -0.05) is 41.9 Å². The Morgan fingerprint density at radius 2 is 2.05 bits per heavy atom. The van der Waals surface area contributed by atoms with Gasteiger partial charge in [0.25, 0.3) is 0 Å². The molecule has 1 heterocycles. The molecule has 2 rings (SSSR count). The summed E-state index contributed by atoms with van der Waals surface area (Å²) in [4.78, 5) is 8.88. The highest BCUT2D eigenvalue weighted by molar-refractivity contribution is 9.10. The molecule has 19 heavy (non-hydrogen) atoms. The SMILES string of the molecule is CC(C)C(CO)c1nccc(-c2cccc(Br)c2)n1. The first-order valence-electron chi connectivity index (χ1n) is 6.31. The number of benzene rings is 1. The van der Waals surface area contributed by atoms with E-state index in [2.05, 4.69) is 39.7 Å². The van der Waals surface area contributed by atoms with Crippen molar-refractivity contribution in [2.75, 3.05) is 6.61 Å². The number of aliphatic hydroxyl groups excluding tert-OH is 1. The topological polar surface area (TPSA) is 46.0 Å². The highest BCUT2D eigenvalue weighted by Gasteiger charge is 2.18. The number of aliphatic hydroxyl groups is 1. The minimum atomic E-state index is -0.0212. The Kier molecular flexibility index (Phi) is 4.66. The van der Waals surface area contributed by atoms with Crippen LogP contribution >= 0.6 is 15.9 Å². The standard InChI is InChI=1S/C15H17BrN2O/c1-10(2)13(9-19)15-17-7-6-14(18-15)11-4-3-5-12(16)8-11/h3-8,10,13,19H,9H2,1-2H3. The van der Waals surface area contributed by atoms with Crippen molar-refractivity contribution in [2.45, 2.75) is 19.8 Å². The van der Waals surface area contributed by atoms with E-state index in [1.54, 1.807) is 6.20 Å². The summed E-state index contributed by atoms with van der Waals surface area (Å²) >= 11 is 3.46. The Bertz CT molecular complexity index is 557. The normalized spacial score (nSPS) is 12.7. The van der Waals surface area contributed by atoms with Gasteiger partial charge in [-0.2, -0.15) is 0 Å². The monoisotopic (exact) mass is 320 g/mol. The molecule has 1 aromatic heterocycles. The summed E-state index contributed by atoms with van der Waals surface area (Å²) in [6.07, 6.45) is 1.75. The molecule has 1 unspecified atom stereocenters. The Morgan fingerprint density at radius 1 is 1.26 bits per heavy atom. The van der Waals surface area contributed by atoms with Gasteiger partial charge in [0, 0.05) is 22.2 Å². The lowest BCUT2D eigenvalue weighted by Crippen LogP contribution is -2.14. The number of halogens is 1. The summed E-state index contributed by atoms with van der Waals surface area (Å²) in [5, 5.41) is 9.47. The molecule has 4 heteroatoms. The molecule has 2 aromatic rings. The van der Waals surface area contributed by atoms with E-state index < -0.39 is 0 Å². The van der Waals surface area contributed by atoms with Crippen LogP contribution in [0.5, 0.6) is 0 Å². The summed E-state index contributed by atoms with van der Waals surface area (Å²) in [7, 11) is 0. The van der Waals surface area contributed by atoms with Crippen molar-refractivity contribution in [2.24, 2.45) is 5.92 Å². The molecule has 0 radical (unpaired) electrons. The lowest BCUT2D eigenvalue weighted by Gasteiger charge is -2.17. The minimum absolute atomic E-state index is 0.0212. The number of rotatable bonds is 4. The summed E-state index contributed by atoms with van der Waals surface area (Å²) in [6, 6.07) is 9.89. The van der Waals surface area contributed by atoms with Crippen molar-refractivity contribution in [1.29, 1.82) is 0 Å². The molecular weight excluding hydrogens is 304 g/mol. The van der Waals surface area contributed by atoms with E-state index in [-0.39, 0.29) is 12.5 Å². The third-order valence-corrected chi connectivity index (χ3v) is 3.62. The fraction of sp³-hybridized carbons (Fsp3) is 0.333. The van der Waals surface area contributed by atoms with Gasteiger partial charge >= 0.3 is 0 Å². The molecule has 3 nitrogen and oxygen atoms in total. The fourth-order valence-electron chi connectivity index (χ4n) is 1.95. The maximum Gasteiger partial charge on any atom is 0.134 e. The molecular formula is C15H17BrN2O. The fourth-order valence-corrected chi connectivity index (χ4v) is 2.35. The van der Waals surface area contributed by atoms with Gasteiger partial charge in [-0.25, -0.2) is 9.97 Å². The van der Waals surface area contributed by atoms with Crippen LogP contribution in [0, 0.1) is 5.92 Å². The van der Waals surface area contributed by atoms with E-state index in [0.29, 0.717) is 11.7 Å². The molecule has 100 valence electrons. The second kappa shape index (κ2) is 6.26. The van der Waals surface area contributed by atoms with Gasteiger partial charge in [0.05, 0.1) is 12.3 Å². The van der Waals surface area contributed by atoms with Gasteiger partial charge in [0.1, 0.15) is 5.82 Å². The molecule has 1 aromatic carbocycles. The number of hydrogen-bond acceptors (Lipinski definition) is 3. The zero-order valence-corrected chi connectivity index (χ0v) is 12.6. The maximum atomic E-state index is 9.47. The minimum Gasteiger partial charge on any atom is -0.396 e. The molecule has 0 spiro atoms. The molecule has 1 atom stereocenters. The van der Waals surface area contributed by atoms with Crippen molar-refractivity contribution in [3.63, 3.8) is 0 Å². The summed E-state index contributed by atoms with van der Waals surface area (Å²) in [5.74, 6) is 0.991. The van der Waals surface area contributed by atoms with E-state index in [1.165, 1.54) is 0 Å². The van der Waals surface area contributed by atoms with Crippen molar-refractivity contribution in [1.82, 2.24) is 9.97 Å². The Hall–Kier alpha value is -1.26. The number of nitrogens with zero attached hydrogens (tertiary/aromatic N) is 2. The van der Waals surface area contributed by atoms with E-state index in [1.807, 2.05) is 30.3 Å². The Labute approximate surface area is 121 Å². The first-order chi connectivity index (χ1) is 9.11. The van der Waals surface area contributed by atoms with Gasteiger partial charge in [-0.3, -0.25) is 0 Å². The second-order valence-electron chi connectivity index (χ2n) is 4.84. The van der Waals surface area contributed by atoms with Gasteiger partial charge in [-0.05, 0) is 24.1 Å². The van der Waals surface area contributed by atoms with Crippen LogP contribution in [0.3, 0.4) is 0 Å². The van der Waals surface area contributed by atoms with Crippen LogP contribution in [0.15, 0.2) is 41.0 Å². The molecule has 0 amide bonds. The van der Waals surface area contributed by atoms with Crippen molar-refractivity contribution >= 4 is 15.9 Å². The lowest BCUT2D eigenvalue weighted by molar-refractivity contribution is 0.232. The van der Waals surface area contributed by atoms with Crippen LogP contribution in [0.2, 0.25) is 0 Å². The predicted molar refractivity (Wildman–Crippen MR) is 79.8 cm³/mol. The van der Waals surface area contributed by atoms with E-state index in [9.17, 15) is 5.11 Å². The van der Waals surface area contributed by atoms with Crippen LogP contribution in [0.25, 0.3) is 11.3 Å². The van der Waals surface area contributed by atoms with Crippen LogP contribution in [0.4, 0.5) is 0 Å². The molecule has 0 bridgehead atoms. The summed E-state index contributed by atoms with van der Waals surface area (Å²) < 4.78 is 1.02. The zero-order valence-electron chi connectivity index (χ0n) is 11.0. The van der Waals surface area contributed by atoms with Gasteiger partial charge in [-0.15, -0.1) is 0 Å². The van der Waals surface area contributed by atoms with Gasteiger partial charge < -0.3 is 5.11 Å². The third kappa shape index (κ3) is 3.39. The largest absolute Gasteiger partial charge is 0.396 e. The molecule has 0 saturated heterocycles. The summed E-state index contributed by atoms with van der Waals surface area (Å²) in [5.41, 5.74) is 1.92.